The SMILES string of the molecule is N#Cc1ccc(N2N=C(c3ccc(C(=O)O)nc3)CC2C2CCCC2)cc1Cl. The molecule has 0 saturated heterocycles. The first-order valence-corrected chi connectivity index (χ1v) is 9.70. The number of hydrogen-bond acceptors (Lipinski definition) is 5. The quantitative estimate of drug-likeness (QED) is 0.825. The lowest BCUT2D eigenvalue weighted by atomic mass is 9.92. The molecule has 0 amide bonds. The molecule has 1 atom stereocenters. The molecular weight excluding hydrogens is 376 g/mol. The Morgan fingerprint density at radius 3 is 2.64 bits per heavy atom. The van der Waals surface area contributed by atoms with Gasteiger partial charge in [-0.25, -0.2) is 9.78 Å². The van der Waals surface area contributed by atoms with Gasteiger partial charge in [-0.1, -0.05) is 24.4 Å². The van der Waals surface area contributed by atoms with Crippen LogP contribution in [0.15, 0.2) is 41.6 Å². The first kappa shape index (κ1) is 18.5. The van der Waals surface area contributed by atoms with Gasteiger partial charge in [0.2, 0.25) is 0 Å². The van der Waals surface area contributed by atoms with E-state index in [0.717, 1.165) is 23.4 Å². The van der Waals surface area contributed by atoms with Crippen molar-refractivity contribution in [2.75, 3.05) is 5.01 Å². The predicted molar refractivity (Wildman–Crippen MR) is 107 cm³/mol. The first-order valence-electron chi connectivity index (χ1n) is 9.33. The molecule has 0 bridgehead atoms. The Morgan fingerprint density at radius 1 is 1.25 bits per heavy atom. The van der Waals surface area contributed by atoms with Crippen LogP contribution in [-0.4, -0.2) is 27.8 Å². The number of hydrogen-bond donors (Lipinski definition) is 1. The second kappa shape index (κ2) is 7.61. The lowest BCUT2D eigenvalue weighted by molar-refractivity contribution is 0.0690. The molecule has 2 aliphatic rings. The highest BCUT2D eigenvalue weighted by atomic mass is 35.5. The highest BCUT2D eigenvalue weighted by Gasteiger charge is 2.36. The molecule has 142 valence electrons. The standard InChI is InChI=1S/C21H19ClN4O2/c22-17-9-16(7-5-14(17)11-23)26-20(13-3-1-2-4-13)10-19(25-26)15-6-8-18(21(27)28)24-12-15/h5-9,12-13,20H,1-4,10H2,(H,27,28). The number of anilines is 1. The maximum atomic E-state index is 11.0. The number of carboxylic acids is 1. The van der Waals surface area contributed by atoms with Gasteiger partial charge in [0.25, 0.3) is 0 Å². The van der Waals surface area contributed by atoms with E-state index in [2.05, 4.69) is 11.1 Å². The van der Waals surface area contributed by atoms with Crippen molar-refractivity contribution in [1.82, 2.24) is 4.98 Å². The zero-order valence-corrected chi connectivity index (χ0v) is 15.9. The summed E-state index contributed by atoms with van der Waals surface area (Å²) in [5, 5.41) is 25.5. The number of pyridine rings is 1. The van der Waals surface area contributed by atoms with Crippen LogP contribution in [0, 0.1) is 17.2 Å². The van der Waals surface area contributed by atoms with E-state index >= 15 is 0 Å². The summed E-state index contributed by atoms with van der Waals surface area (Å²) in [6.45, 7) is 0. The number of hydrazone groups is 1. The minimum atomic E-state index is -1.04. The predicted octanol–water partition coefficient (Wildman–Crippen LogP) is 4.48. The molecular formula is C21H19ClN4O2. The smallest absolute Gasteiger partial charge is 0.354 e. The molecule has 1 saturated carbocycles. The summed E-state index contributed by atoms with van der Waals surface area (Å²) in [5.74, 6) is -0.500. The Hall–Kier alpha value is -2.91. The Bertz CT molecular complexity index is 975. The van der Waals surface area contributed by atoms with Crippen LogP contribution in [0.25, 0.3) is 0 Å². The summed E-state index contributed by atoms with van der Waals surface area (Å²) >= 11 is 6.25. The van der Waals surface area contributed by atoms with Gasteiger partial charge in [-0.15, -0.1) is 0 Å². The molecule has 2 aromatic rings. The van der Waals surface area contributed by atoms with E-state index in [4.69, 9.17) is 27.1 Å². The lowest BCUT2D eigenvalue weighted by Crippen LogP contribution is -2.32. The van der Waals surface area contributed by atoms with Crippen molar-refractivity contribution in [3.05, 3.63) is 58.4 Å². The van der Waals surface area contributed by atoms with Crippen molar-refractivity contribution in [2.45, 2.75) is 38.1 Å². The van der Waals surface area contributed by atoms with Gasteiger partial charge in [0.15, 0.2) is 0 Å². The first-order chi connectivity index (χ1) is 13.6. The molecule has 1 aromatic carbocycles. The molecule has 28 heavy (non-hydrogen) atoms. The summed E-state index contributed by atoms with van der Waals surface area (Å²) in [6, 6.07) is 11.0. The van der Waals surface area contributed by atoms with E-state index in [9.17, 15) is 4.79 Å². The molecule has 1 aliphatic carbocycles. The van der Waals surface area contributed by atoms with Gasteiger partial charge in [0, 0.05) is 18.2 Å². The number of aromatic carboxylic acids is 1. The van der Waals surface area contributed by atoms with Gasteiger partial charge >= 0.3 is 5.97 Å². The summed E-state index contributed by atoms with van der Waals surface area (Å²) < 4.78 is 0. The van der Waals surface area contributed by atoms with Crippen LogP contribution < -0.4 is 5.01 Å². The Morgan fingerprint density at radius 2 is 2.04 bits per heavy atom. The highest BCUT2D eigenvalue weighted by molar-refractivity contribution is 6.32. The minimum absolute atomic E-state index is 0.0189. The van der Waals surface area contributed by atoms with Crippen LogP contribution in [0.1, 0.15) is 53.7 Å². The Labute approximate surface area is 168 Å². The summed E-state index contributed by atoms with van der Waals surface area (Å²) in [6.07, 6.45) is 7.15. The van der Waals surface area contributed by atoms with Crippen molar-refractivity contribution in [3.8, 4) is 6.07 Å². The number of aromatic nitrogens is 1. The van der Waals surface area contributed by atoms with Gasteiger partial charge in [0.1, 0.15) is 11.8 Å². The molecule has 1 aromatic heterocycles. The van der Waals surface area contributed by atoms with Crippen molar-refractivity contribution < 1.29 is 9.90 Å². The monoisotopic (exact) mass is 394 g/mol. The Kier molecular flexibility index (Phi) is 5.01. The van der Waals surface area contributed by atoms with Crippen LogP contribution >= 0.6 is 11.6 Å². The van der Waals surface area contributed by atoms with E-state index in [0.29, 0.717) is 16.5 Å². The molecule has 1 N–H and O–H groups in total. The van der Waals surface area contributed by atoms with Gasteiger partial charge in [-0.3, -0.25) is 5.01 Å². The fourth-order valence-corrected chi connectivity index (χ4v) is 4.31. The van der Waals surface area contributed by atoms with E-state index in [-0.39, 0.29) is 11.7 Å². The summed E-state index contributed by atoms with van der Waals surface area (Å²) in [4.78, 5) is 15.1. The molecule has 1 aliphatic heterocycles. The third-order valence-electron chi connectivity index (χ3n) is 5.54. The van der Waals surface area contributed by atoms with Crippen molar-refractivity contribution in [2.24, 2.45) is 11.0 Å². The number of carbonyl (C=O) groups is 1. The van der Waals surface area contributed by atoms with E-state index in [1.807, 2.05) is 11.1 Å². The number of rotatable bonds is 4. The van der Waals surface area contributed by atoms with Crippen LogP contribution in [0.4, 0.5) is 5.69 Å². The van der Waals surface area contributed by atoms with Crippen molar-refractivity contribution in [1.29, 1.82) is 5.26 Å². The number of nitriles is 1. The zero-order valence-electron chi connectivity index (χ0n) is 15.2. The average molecular weight is 395 g/mol. The molecule has 7 heteroatoms. The van der Waals surface area contributed by atoms with Gasteiger partial charge < -0.3 is 5.11 Å². The zero-order chi connectivity index (χ0) is 19.7. The lowest BCUT2D eigenvalue weighted by Gasteiger charge is -2.28. The van der Waals surface area contributed by atoms with Crippen molar-refractivity contribution in [3.63, 3.8) is 0 Å². The second-order valence-electron chi connectivity index (χ2n) is 7.22. The largest absolute Gasteiger partial charge is 0.477 e. The van der Waals surface area contributed by atoms with Crippen LogP contribution in [0.3, 0.4) is 0 Å². The van der Waals surface area contributed by atoms with Gasteiger partial charge in [-0.05, 0) is 49.1 Å². The third-order valence-corrected chi connectivity index (χ3v) is 5.86. The van der Waals surface area contributed by atoms with E-state index in [1.54, 1.807) is 24.4 Å². The summed E-state index contributed by atoms with van der Waals surface area (Å²) in [7, 11) is 0. The summed E-state index contributed by atoms with van der Waals surface area (Å²) in [5.41, 5.74) is 3.05. The minimum Gasteiger partial charge on any atom is -0.477 e. The average Bonchev–Trinajstić information content (AvgIpc) is 3.37. The maximum Gasteiger partial charge on any atom is 0.354 e. The van der Waals surface area contributed by atoms with Crippen LogP contribution in [0.2, 0.25) is 5.02 Å². The van der Waals surface area contributed by atoms with Crippen molar-refractivity contribution >= 4 is 29.0 Å². The molecule has 4 rings (SSSR count). The topological polar surface area (TPSA) is 89.6 Å². The third kappa shape index (κ3) is 3.46. The van der Waals surface area contributed by atoms with Crippen LogP contribution in [0.5, 0.6) is 0 Å². The normalized spacial score (nSPS) is 19.5. The number of benzene rings is 1. The fraction of sp³-hybridized carbons (Fsp3) is 0.333. The van der Waals surface area contributed by atoms with E-state index < -0.39 is 5.97 Å². The molecule has 6 nitrogen and oxygen atoms in total. The molecule has 0 spiro atoms. The van der Waals surface area contributed by atoms with E-state index in [1.165, 1.54) is 31.7 Å². The maximum absolute atomic E-state index is 11.0. The fourth-order valence-electron chi connectivity index (χ4n) is 4.09. The van der Waals surface area contributed by atoms with Gasteiger partial charge in [0.05, 0.1) is 28.0 Å². The van der Waals surface area contributed by atoms with Gasteiger partial charge in [-0.2, -0.15) is 10.4 Å². The number of halogens is 1. The number of nitrogens with zero attached hydrogens (tertiary/aromatic N) is 4. The molecule has 1 unspecified atom stereocenters. The molecule has 0 radical (unpaired) electrons. The Balaban J connectivity index is 1.68. The molecule has 2 heterocycles. The number of carboxylic acid groups (broad SMARTS) is 1. The van der Waals surface area contributed by atoms with Crippen LogP contribution in [-0.2, 0) is 0 Å². The molecule has 1 fully saturated rings. The second-order valence-corrected chi connectivity index (χ2v) is 7.63. The highest BCUT2D eigenvalue weighted by Crippen LogP contribution is 2.39.